The molecule has 1 amide bonds. The topological polar surface area (TPSA) is 58.6 Å². The van der Waals surface area contributed by atoms with Gasteiger partial charge in [0.15, 0.2) is 0 Å². The number of carbonyl (C=O) groups excluding carboxylic acids is 1. The van der Waals surface area contributed by atoms with Crippen LogP contribution in [0.2, 0.25) is 0 Å². The quantitative estimate of drug-likeness (QED) is 0.797. The Bertz CT molecular complexity index is 557. The zero-order chi connectivity index (χ0) is 14.5. The van der Waals surface area contributed by atoms with E-state index in [4.69, 9.17) is 9.84 Å². The first-order valence-electron chi connectivity index (χ1n) is 6.75. The number of hydrogen-bond acceptors (Lipinski definition) is 3. The fourth-order valence-corrected chi connectivity index (χ4v) is 2.32. The van der Waals surface area contributed by atoms with Crippen molar-refractivity contribution < 1.29 is 14.6 Å². The number of aliphatic hydroxyl groups is 1. The van der Waals surface area contributed by atoms with Gasteiger partial charge < -0.3 is 15.2 Å². The number of benzene rings is 1. The molecule has 2 rings (SSSR count). The number of nitrogens with one attached hydrogen (secondary N) is 1. The van der Waals surface area contributed by atoms with Crippen LogP contribution in [0.4, 0.5) is 0 Å². The minimum Gasteiger partial charge on any atom is -0.384 e. The first kappa shape index (κ1) is 14.6. The second-order valence-electron chi connectivity index (χ2n) is 4.88. The van der Waals surface area contributed by atoms with Crippen molar-refractivity contribution in [1.29, 1.82) is 0 Å². The second kappa shape index (κ2) is 6.56. The summed E-state index contributed by atoms with van der Waals surface area (Å²) in [6.07, 6.45) is 0.896. The van der Waals surface area contributed by atoms with Crippen LogP contribution in [0.15, 0.2) is 18.2 Å². The van der Waals surface area contributed by atoms with E-state index in [0.29, 0.717) is 12.2 Å². The maximum absolute atomic E-state index is 12.3. The Labute approximate surface area is 119 Å². The average molecular weight is 273 g/mol. The summed E-state index contributed by atoms with van der Waals surface area (Å²) >= 11 is 0. The highest BCUT2D eigenvalue weighted by Crippen LogP contribution is 2.16. The molecule has 20 heavy (non-hydrogen) atoms. The Morgan fingerprint density at radius 3 is 3.00 bits per heavy atom. The molecule has 106 valence electrons. The van der Waals surface area contributed by atoms with Gasteiger partial charge in [0.2, 0.25) is 0 Å². The van der Waals surface area contributed by atoms with Gasteiger partial charge in [-0.05, 0) is 38.0 Å². The highest BCUT2D eigenvalue weighted by atomic mass is 16.5. The molecule has 4 heteroatoms. The zero-order valence-electron chi connectivity index (χ0n) is 11.8. The van der Waals surface area contributed by atoms with Crippen LogP contribution in [0.3, 0.4) is 0 Å². The summed E-state index contributed by atoms with van der Waals surface area (Å²) < 4.78 is 5.44. The van der Waals surface area contributed by atoms with E-state index in [1.807, 2.05) is 19.9 Å². The number of amides is 1. The van der Waals surface area contributed by atoms with E-state index in [-0.39, 0.29) is 24.7 Å². The molecule has 0 saturated carbocycles. The molecule has 0 spiro atoms. The second-order valence-corrected chi connectivity index (χ2v) is 4.88. The van der Waals surface area contributed by atoms with Gasteiger partial charge in [-0.1, -0.05) is 17.9 Å². The summed E-state index contributed by atoms with van der Waals surface area (Å²) in [5, 5.41) is 11.8. The molecular formula is C16H19NO3. The van der Waals surface area contributed by atoms with Crippen LogP contribution in [-0.4, -0.2) is 36.4 Å². The minimum absolute atomic E-state index is 0.0524. The third kappa shape index (κ3) is 3.19. The molecule has 0 bridgehead atoms. The number of aliphatic hydroxyl groups excluding tert-OH is 1. The van der Waals surface area contributed by atoms with E-state index in [1.165, 1.54) is 0 Å². The van der Waals surface area contributed by atoms with E-state index in [2.05, 4.69) is 17.2 Å². The molecule has 1 aliphatic heterocycles. The van der Waals surface area contributed by atoms with E-state index in [0.717, 1.165) is 17.5 Å². The van der Waals surface area contributed by atoms with Crippen molar-refractivity contribution >= 4 is 5.91 Å². The highest BCUT2D eigenvalue weighted by Gasteiger charge is 2.26. The molecule has 2 unspecified atom stereocenters. The fourth-order valence-electron chi connectivity index (χ4n) is 2.32. The first-order chi connectivity index (χ1) is 9.63. The monoisotopic (exact) mass is 273 g/mol. The third-order valence-corrected chi connectivity index (χ3v) is 3.57. The largest absolute Gasteiger partial charge is 0.384 e. The van der Waals surface area contributed by atoms with Crippen molar-refractivity contribution in [2.45, 2.75) is 32.4 Å². The van der Waals surface area contributed by atoms with Gasteiger partial charge in [-0.2, -0.15) is 0 Å². The van der Waals surface area contributed by atoms with Crippen molar-refractivity contribution in [3.8, 4) is 11.8 Å². The normalized spacial score (nSPS) is 21.1. The van der Waals surface area contributed by atoms with Gasteiger partial charge in [-0.3, -0.25) is 4.79 Å². The third-order valence-electron chi connectivity index (χ3n) is 3.57. The fraction of sp³-hybridized carbons (Fsp3) is 0.438. The van der Waals surface area contributed by atoms with Gasteiger partial charge >= 0.3 is 0 Å². The number of hydrogen-bond donors (Lipinski definition) is 2. The summed E-state index contributed by atoms with van der Waals surface area (Å²) in [5.74, 6) is 5.36. The van der Waals surface area contributed by atoms with Crippen LogP contribution in [-0.2, 0) is 4.74 Å². The van der Waals surface area contributed by atoms with Gasteiger partial charge in [0.25, 0.3) is 5.91 Å². The van der Waals surface area contributed by atoms with Crippen molar-refractivity contribution in [3.63, 3.8) is 0 Å². The molecule has 4 nitrogen and oxygen atoms in total. The predicted octanol–water partition coefficient (Wildman–Crippen LogP) is 1.25. The predicted molar refractivity (Wildman–Crippen MR) is 76.4 cm³/mol. The Morgan fingerprint density at radius 1 is 1.55 bits per heavy atom. The Hall–Kier alpha value is -1.83. The van der Waals surface area contributed by atoms with Gasteiger partial charge in [0.1, 0.15) is 6.61 Å². The molecule has 1 fully saturated rings. The number of ether oxygens (including phenoxy) is 1. The lowest BCUT2D eigenvalue weighted by Gasteiger charge is -2.17. The van der Waals surface area contributed by atoms with E-state index < -0.39 is 0 Å². The lowest BCUT2D eigenvalue weighted by atomic mass is 10.0. The maximum atomic E-state index is 12.3. The molecule has 1 aromatic rings. The Morgan fingerprint density at radius 2 is 2.35 bits per heavy atom. The van der Waals surface area contributed by atoms with Gasteiger partial charge in [-0.15, -0.1) is 0 Å². The summed E-state index contributed by atoms with van der Waals surface area (Å²) in [6, 6.07) is 5.50. The maximum Gasteiger partial charge on any atom is 0.251 e. The van der Waals surface area contributed by atoms with E-state index >= 15 is 0 Å². The van der Waals surface area contributed by atoms with Crippen molar-refractivity contribution in [2.75, 3.05) is 13.2 Å². The molecule has 1 aromatic carbocycles. The SMILES string of the molecule is Cc1c(C#CCO)cccc1C(=O)NC1CCOC1C. The zero-order valence-corrected chi connectivity index (χ0v) is 11.8. The van der Waals surface area contributed by atoms with Crippen LogP contribution in [0.1, 0.15) is 34.8 Å². The summed E-state index contributed by atoms with van der Waals surface area (Å²) in [7, 11) is 0. The van der Waals surface area contributed by atoms with Crippen LogP contribution >= 0.6 is 0 Å². The Balaban J connectivity index is 2.17. The van der Waals surface area contributed by atoms with Crippen LogP contribution in [0.5, 0.6) is 0 Å². The van der Waals surface area contributed by atoms with Crippen LogP contribution in [0, 0.1) is 18.8 Å². The first-order valence-corrected chi connectivity index (χ1v) is 6.75. The van der Waals surface area contributed by atoms with E-state index in [9.17, 15) is 4.79 Å². The average Bonchev–Trinajstić information content (AvgIpc) is 2.83. The van der Waals surface area contributed by atoms with Crippen molar-refractivity contribution in [2.24, 2.45) is 0 Å². The molecule has 0 aliphatic carbocycles. The number of rotatable bonds is 2. The lowest BCUT2D eigenvalue weighted by Crippen LogP contribution is -2.39. The summed E-state index contributed by atoms with van der Waals surface area (Å²) in [6.45, 7) is 4.33. The Kier molecular flexibility index (Phi) is 4.78. The minimum atomic E-state index is -0.188. The van der Waals surface area contributed by atoms with Gasteiger partial charge in [0.05, 0.1) is 12.1 Å². The molecule has 1 aliphatic rings. The highest BCUT2D eigenvalue weighted by molar-refractivity contribution is 5.96. The molecule has 2 N–H and O–H groups in total. The van der Waals surface area contributed by atoms with E-state index in [1.54, 1.807) is 12.1 Å². The molecule has 1 saturated heterocycles. The molecule has 0 radical (unpaired) electrons. The van der Waals surface area contributed by atoms with Crippen molar-refractivity contribution in [3.05, 3.63) is 34.9 Å². The number of carbonyl (C=O) groups is 1. The standard InChI is InChI=1S/C16H19NO3/c1-11-13(6-4-9-18)5-3-7-14(11)16(19)17-15-8-10-20-12(15)2/h3,5,7,12,15,18H,8-10H2,1-2H3,(H,17,19). The summed E-state index contributed by atoms with van der Waals surface area (Å²) in [5.41, 5.74) is 2.22. The van der Waals surface area contributed by atoms with Gasteiger partial charge in [0, 0.05) is 17.7 Å². The van der Waals surface area contributed by atoms with Crippen LogP contribution < -0.4 is 5.32 Å². The molecule has 2 atom stereocenters. The molecule has 1 heterocycles. The van der Waals surface area contributed by atoms with Crippen molar-refractivity contribution in [1.82, 2.24) is 5.32 Å². The van der Waals surface area contributed by atoms with Gasteiger partial charge in [-0.25, -0.2) is 0 Å². The van der Waals surface area contributed by atoms with Crippen LogP contribution in [0.25, 0.3) is 0 Å². The summed E-state index contributed by atoms with van der Waals surface area (Å²) in [4.78, 5) is 12.3. The molecular weight excluding hydrogens is 254 g/mol. The lowest BCUT2D eigenvalue weighted by molar-refractivity contribution is 0.0865. The smallest absolute Gasteiger partial charge is 0.251 e. The molecule has 0 aromatic heterocycles.